The van der Waals surface area contributed by atoms with Gasteiger partial charge in [-0.25, -0.2) is 14.8 Å². The molecule has 0 saturated carbocycles. The second kappa shape index (κ2) is 4.16. The zero-order valence-corrected chi connectivity index (χ0v) is 8.56. The van der Waals surface area contributed by atoms with Crippen molar-refractivity contribution in [1.82, 2.24) is 9.97 Å². The lowest BCUT2D eigenvalue weighted by atomic mass is 10.9. The van der Waals surface area contributed by atoms with Crippen LogP contribution in [0.5, 0.6) is 0 Å². The lowest BCUT2D eigenvalue weighted by molar-refractivity contribution is 0.262. The van der Waals surface area contributed by atoms with Gasteiger partial charge in [-0.15, -0.1) is 22.7 Å². The molecule has 0 aliphatic heterocycles. The molecule has 0 fully saturated rings. The molecule has 2 aromatic heterocycles. The molecule has 14 heavy (non-hydrogen) atoms. The summed E-state index contributed by atoms with van der Waals surface area (Å²) >= 11 is 2.73. The predicted octanol–water partition coefficient (Wildman–Crippen LogP) is 2.24. The lowest BCUT2D eigenvalue weighted by Gasteiger charge is -2.00. The van der Waals surface area contributed by atoms with E-state index in [2.05, 4.69) is 20.6 Å². The minimum absolute atomic E-state index is 0.324. The predicted molar refractivity (Wildman–Crippen MR) is 56.9 cm³/mol. The van der Waals surface area contributed by atoms with Crippen molar-refractivity contribution in [3.05, 3.63) is 23.2 Å². The average Bonchev–Trinajstić information content (AvgIpc) is 2.76. The van der Waals surface area contributed by atoms with E-state index < -0.39 is 0 Å². The van der Waals surface area contributed by atoms with Crippen LogP contribution in [0.2, 0.25) is 0 Å². The molecule has 0 radical (unpaired) electrons. The summed E-state index contributed by atoms with van der Waals surface area (Å²) < 4.78 is 0. The fourth-order valence-electron chi connectivity index (χ4n) is 0.796. The molecule has 0 aromatic carbocycles. The van der Waals surface area contributed by atoms with Crippen molar-refractivity contribution in [1.29, 1.82) is 0 Å². The van der Waals surface area contributed by atoms with Crippen LogP contribution in [0.15, 0.2) is 23.2 Å². The normalized spacial score (nSPS) is 9.71. The number of rotatable bonds is 2. The molecular formula is C7H6N4OS2. The van der Waals surface area contributed by atoms with Crippen molar-refractivity contribution in [2.75, 3.05) is 10.6 Å². The van der Waals surface area contributed by atoms with E-state index in [1.807, 2.05) is 0 Å². The van der Waals surface area contributed by atoms with Gasteiger partial charge in [-0.2, -0.15) is 0 Å². The van der Waals surface area contributed by atoms with E-state index in [0.717, 1.165) is 0 Å². The average molecular weight is 226 g/mol. The van der Waals surface area contributed by atoms with Crippen LogP contribution in [0, 0.1) is 0 Å². The Bertz CT molecular complexity index is 359. The number of hydrogen-bond acceptors (Lipinski definition) is 5. The lowest BCUT2D eigenvalue weighted by Crippen LogP contribution is -2.18. The van der Waals surface area contributed by atoms with Gasteiger partial charge in [-0.3, -0.25) is 10.6 Å². The molecule has 0 aliphatic rings. The SMILES string of the molecule is O=C(Nc1nccs1)Nc1nccs1. The Morgan fingerprint density at radius 1 is 1.07 bits per heavy atom. The van der Waals surface area contributed by atoms with Crippen LogP contribution in [-0.4, -0.2) is 16.0 Å². The second-order valence-electron chi connectivity index (χ2n) is 2.25. The molecule has 0 bridgehead atoms. The number of nitrogens with one attached hydrogen (secondary N) is 2. The number of carbonyl (C=O) groups is 1. The first-order valence-corrected chi connectivity index (χ1v) is 5.47. The molecular weight excluding hydrogens is 220 g/mol. The molecule has 0 aliphatic carbocycles. The number of aromatic nitrogens is 2. The fraction of sp³-hybridized carbons (Fsp3) is 0. The smallest absolute Gasteiger partial charge is 0.283 e. The van der Waals surface area contributed by atoms with Crippen molar-refractivity contribution >= 4 is 39.0 Å². The van der Waals surface area contributed by atoms with E-state index in [-0.39, 0.29) is 6.03 Å². The number of amides is 2. The maximum absolute atomic E-state index is 11.3. The number of nitrogens with zero attached hydrogens (tertiary/aromatic N) is 2. The Morgan fingerprint density at radius 2 is 1.57 bits per heavy atom. The van der Waals surface area contributed by atoms with Crippen molar-refractivity contribution < 1.29 is 4.79 Å². The molecule has 7 heteroatoms. The van der Waals surface area contributed by atoms with E-state index in [1.54, 1.807) is 23.2 Å². The molecule has 2 amide bonds. The number of hydrogen-bond donors (Lipinski definition) is 2. The summed E-state index contributed by atoms with van der Waals surface area (Å²) in [6, 6.07) is -0.324. The Kier molecular flexibility index (Phi) is 2.70. The molecule has 0 spiro atoms. The number of thiazole rings is 2. The Morgan fingerprint density at radius 3 is 1.93 bits per heavy atom. The van der Waals surface area contributed by atoms with Gasteiger partial charge < -0.3 is 0 Å². The first-order valence-electron chi connectivity index (χ1n) is 3.71. The Balaban J connectivity index is 1.91. The van der Waals surface area contributed by atoms with Crippen LogP contribution < -0.4 is 10.6 Å². The third-order valence-electron chi connectivity index (χ3n) is 1.31. The van der Waals surface area contributed by atoms with Crippen molar-refractivity contribution in [2.24, 2.45) is 0 Å². The maximum atomic E-state index is 11.3. The summed E-state index contributed by atoms with van der Waals surface area (Å²) in [5.41, 5.74) is 0. The molecule has 5 nitrogen and oxygen atoms in total. The van der Waals surface area contributed by atoms with Crippen molar-refractivity contribution in [3.63, 3.8) is 0 Å². The summed E-state index contributed by atoms with van der Waals surface area (Å²) in [7, 11) is 0. The molecule has 0 saturated heterocycles. The molecule has 2 N–H and O–H groups in total. The highest BCUT2D eigenvalue weighted by molar-refractivity contribution is 7.14. The van der Waals surface area contributed by atoms with Crippen molar-refractivity contribution in [3.8, 4) is 0 Å². The molecule has 2 rings (SSSR count). The number of carbonyl (C=O) groups excluding carboxylic acids is 1. The van der Waals surface area contributed by atoms with E-state index in [0.29, 0.717) is 10.3 Å². The van der Waals surface area contributed by atoms with Gasteiger partial charge in [0.15, 0.2) is 10.3 Å². The first-order chi connectivity index (χ1) is 6.84. The van der Waals surface area contributed by atoms with Crippen LogP contribution in [0.1, 0.15) is 0 Å². The first kappa shape index (κ1) is 9.10. The summed E-state index contributed by atoms with van der Waals surface area (Å²) in [6.07, 6.45) is 3.26. The van der Waals surface area contributed by atoms with Gasteiger partial charge in [0.05, 0.1) is 0 Å². The van der Waals surface area contributed by atoms with Crippen LogP contribution in [0.3, 0.4) is 0 Å². The minimum atomic E-state index is -0.324. The quantitative estimate of drug-likeness (QED) is 0.825. The van der Waals surface area contributed by atoms with Gasteiger partial charge in [0.25, 0.3) is 0 Å². The van der Waals surface area contributed by atoms with Crippen LogP contribution in [0.4, 0.5) is 15.1 Å². The number of anilines is 2. The minimum Gasteiger partial charge on any atom is -0.283 e. The summed E-state index contributed by atoms with van der Waals surface area (Å²) in [5, 5.41) is 9.89. The van der Waals surface area contributed by atoms with Gasteiger partial charge in [-0.1, -0.05) is 0 Å². The van der Waals surface area contributed by atoms with Gasteiger partial charge in [0, 0.05) is 23.2 Å². The van der Waals surface area contributed by atoms with Crippen LogP contribution >= 0.6 is 22.7 Å². The molecule has 72 valence electrons. The van der Waals surface area contributed by atoms with E-state index in [4.69, 9.17) is 0 Å². The maximum Gasteiger partial charge on any atom is 0.327 e. The Hall–Kier alpha value is -1.47. The Labute approximate surface area is 87.8 Å². The summed E-state index contributed by atoms with van der Waals surface area (Å²) in [5.74, 6) is 0. The fourth-order valence-corrected chi connectivity index (χ4v) is 1.84. The van der Waals surface area contributed by atoms with Gasteiger partial charge in [-0.05, 0) is 0 Å². The monoisotopic (exact) mass is 226 g/mol. The topological polar surface area (TPSA) is 66.9 Å². The second-order valence-corrected chi connectivity index (χ2v) is 4.04. The van der Waals surface area contributed by atoms with E-state index in [9.17, 15) is 4.79 Å². The highest BCUT2D eigenvalue weighted by Gasteiger charge is 2.04. The van der Waals surface area contributed by atoms with Crippen molar-refractivity contribution in [2.45, 2.75) is 0 Å². The summed E-state index contributed by atoms with van der Waals surface area (Å²) in [4.78, 5) is 19.1. The molecule has 2 heterocycles. The highest BCUT2D eigenvalue weighted by Crippen LogP contribution is 2.13. The third-order valence-corrected chi connectivity index (χ3v) is 2.68. The summed E-state index contributed by atoms with van der Waals surface area (Å²) in [6.45, 7) is 0. The van der Waals surface area contributed by atoms with Gasteiger partial charge in [0.1, 0.15) is 0 Å². The van der Waals surface area contributed by atoms with E-state index in [1.165, 1.54) is 22.7 Å². The molecule has 0 unspecified atom stereocenters. The zero-order valence-electron chi connectivity index (χ0n) is 6.93. The van der Waals surface area contributed by atoms with E-state index >= 15 is 0 Å². The third kappa shape index (κ3) is 2.27. The molecule has 0 atom stereocenters. The van der Waals surface area contributed by atoms with Crippen LogP contribution in [-0.2, 0) is 0 Å². The molecule has 2 aromatic rings. The zero-order chi connectivity index (χ0) is 9.80. The number of urea groups is 1. The standard InChI is InChI=1S/C7H6N4OS2/c12-5(10-6-8-1-3-13-6)11-7-9-2-4-14-7/h1-4H,(H2,8,9,10,11,12). The van der Waals surface area contributed by atoms with Gasteiger partial charge >= 0.3 is 6.03 Å². The highest BCUT2D eigenvalue weighted by atomic mass is 32.1. The largest absolute Gasteiger partial charge is 0.327 e. The van der Waals surface area contributed by atoms with Crippen LogP contribution in [0.25, 0.3) is 0 Å². The van der Waals surface area contributed by atoms with Gasteiger partial charge in [0.2, 0.25) is 0 Å².